The molecule has 0 spiro atoms. The number of unbranched alkanes of at least 4 members (excludes halogenated alkanes) is 11. The smallest absolute Gasteiger partial charge is 0.308 e. The van der Waals surface area contributed by atoms with Crippen molar-refractivity contribution in [2.45, 2.75) is 90.4 Å². The summed E-state index contributed by atoms with van der Waals surface area (Å²) < 4.78 is 4.94. The number of aliphatic carboxylic acids is 1. The third-order valence-electron chi connectivity index (χ3n) is 4.12. The first-order valence-electron chi connectivity index (χ1n) is 8.94. The number of hydrogen-bond donors (Lipinski definition) is 1. The van der Waals surface area contributed by atoms with Crippen molar-refractivity contribution in [3.8, 4) is 0 Å². The zero-order chi connectivity index (χ0) is 15.8. The van der Waals surface area contributed by atoms with E-state index in [0.29, 0.717) is 6.61 Å². The van der Waals surface area contributed by atoms with Gasteiger partial charge in [0, 0.05) is 7.11 Å². The van der Waals surface area contributed by atoms with Gasteiger partial charge in [-0.2, -0.15) is 0 Å². The van der Waals surface area contributed by atoms with Gasteiger partial charge in [0.25, 0.3) is 0 Å². The Morgan fingerprint density at radius 2 is 1.29 bits per heavy atom. The molecular weight excluding hydrogens is 264 g/mol. The lowest BCUT2D eigenvalue weighted by molar-refractivity contribution is -0.143. The molecule has 1 atom stereocenters. The molecule has 0 aliphatic carbocycles. The first-order chi connectivity index (χ1) is 10.2. The molecule has 0 rings (SSSR count). The molecule has 0 bridgehead atoms. The highest BCUT2D eigenvalue weighted by Crippen LogP contribution is 2.15. The van der Waals surface area contributed by atoms with E-state index >= 15 is 0 Å². The van der Waals surface area contributed by atoms with Crippen LogP contribution in [0.3, 0.4) is 0 Å². The van der Waals surface area contributed by atoms with Gasteiger partial charge in [0.2, 0.25) is 0 Å². The predicted octanol–water partition coefficient (Wildman–Crippen LogP) is 5.42. The van der Waals surface area contributed by atoms with Crippen LogP contribution in [0.5, 0.6) is 0 Å². The van der Waals surface area contributed by atoms with Gasteiger partial charge in [-0.1, -0.05) is 84.0 Å². The molecule has 0 aliphatic rings. The third kappa shape index (κ3) is 14.1. The Balaban J connectivity index is 3.23. The summed E-state index contributed by atoms with van der Waals surface area (Å²) in [4.78, 5) is 10.9. The monoisotopic (exact) mass is 300 g/mol. The normalized spacial score (nSPS) is 12.5. The minimum Gasteiger partial charge on any atom is -0.481 e. The molecule has 1 unspecified atom stereocenters. The lowest BCUT2D eigenvalue weighted by Crippen LogP contribution is -2.18. The van der Waals surface area contributed by atoms with Crippen molar-refractivity contribution in [2.75, 3.05) is 13.7 Å². The average molecular weight is 300 g/mol. The molecule has 0 saturated heterocycles. The zero-order valence-electron chi connectivity index (χ0n) is 14.2. The molecule has 0 radical (unpaired) electrons. The van der Waals surface area contributed by atoms with Crippen LogP contribution in [0.25, 0.3) is 0 Å². The van der Waals surface area contributed by atoms with E-state index in [0.717, 1.165) is 19.3 Å². The van der Waals surface area contributed by atoms with Gasteiger partial charge >= 0.3 is 5.97 Å². The minimum absolute atomic E-state index is 0.321. The van der Waals surface area contributed by atoms with Crippen LogP contribution in [0.4, 0.5) is 0 Å². The number of ether oxygens (including phenoxy) is 1. The fourth-order valence-corrected chi connectivity index (χ4v) is 2.71. The van der Waals surface area contributed by atoms with Gasteiger partial charge in [-0.25, -0.2) is 0 Å². The van der Waals surface area contributed by atoms with Gasteiger partial charge in [-0.3, -0.25) is 4.79 Å². The SMILES string of the molecule is CCCCCCCCCCCCCCC(COC)C(=O)O. The Morgan fingerprint density at radius 3 is 1.67 bits per heavy atom. The fourth-order valence-electron chi connectivity index (χ4n) is 2.71. The van der Waals surface area contributed by atoms with Crippen molar-refractivity contribution < 1.29 is 14.6 Å². The van der Waals surface area contributed by atoms with Crippen molar-refractivity contribution in [1.29, 1.82) is 0 Å². The predicted molar refractivity (Wildman–Crippen MR) is 88.7 cm³/mol. The molecule has 1 N–H and O–H groups in total. The van der Waals surface area contributed by atoms with Crippen molar-refractivity contribution in [1.82, 2.24) is 0 Å². The molecule has 0 aromatic heterocycles. The second-order valence-corrected chi connectivity index (χ2v) is 6.17. The second kappa shape index (κ2) is 15.8. The summed E-state index contributed by atoms with van der Waals surface area (Å²) in [6.45, 7) is 2.60. The van der Waals surface area contributed by atoms with Crippen LogP contribution in [0, 0.1) is 5.92 Å². The maximum atomic E-state index is 10.9. The van der Waals surface area contributed by atoms with Crippen molar-refractivity contribution in [2.24, 2.45) is 5.92 Å². The van der Waals surface area contributed by atoms with Gasteiger partial charge in [0.05, 0.1) is 12.5 Å². The van der Waals surface area contributed by atoms with Crippen molar-refractivity contribution in [3.63, 3.8) is 0 Å². The standard InChI is InChI=1S/C18H36O3/c1-3-4-5-6-7-8-9-10-11-12-13-14-15-17(16-21-2)18(19)20/h17H,3-16H2,1-2H3,(H,19,20). The Bertz CT molecular complexity index is 229. The summed E-state index contributed by atoms with van der Waals surface area (Å²) in [5, 5.41) is 9.00. The van der Waals surface area contributed by atoms with Crippen LogP contribution in [-0.4, -0.2) is 24.8 Å². The summed E-state index contributed by atoms with van der Waals surface area (Å²) in [5.41, 5.74) is 0. The first kappa shape index (κ1) is 20.4. The second-order valence-electron chi connectivity index (χ2n) is 6.17. The molecule has 21 heavy (non-hydrogen) atoms. The van der Waals surface area contributed by atoms with Crippen LogP contribution in [-0.2, 0) is 9.53 Å². The number of carbonyl (C=O) groups is 1. The van der Waals surface area contributed by atoms with Crippen molar-refractivity contribution >= 4 is 5.97 Å². The van der Waals surface area contributed by atoms with Crippen LogP contribution >= 0.6 is 0 Å². The summed E-state index contributed by atoms with van der Waals surface area (Å²) >= 11 is 0. The number of carboxylic acids is 1. The summed E-state index contributed by atoms with van der Waals surface area (Å²) in [7, 11) is 1.57. The maximum Gasteiger partial charge on any atom is 0.308 e. The molecule has 3 heteroatoms. The molecule has 126 valence electrons. The van der Waals surface area contributed by atoms with E-state index < -0.39 is 5.97 Å². The molecule has 0 aromatic carbocycles. The molecule has 0 saturated carbocycles. The lowest BCUT2D eigenvalue weighted by atomic mass is 10.0. The maximum absolute atomic E-state index is 10.9. The highest BCUT2D eigenvalue weighted by atomic mass is 16.5. The lowest BCUT2D eigenvalue weighted by Gasteiger charge is -2.10. The molecule has 3 nitrogen and oxygen atoms in total. The van der Waals surface area contributed by atoms with E-state index in [1.54, 1.807) is 7.11 Å². The largest absolute Gasteiger partial charge is 0.481 e. The van der Waals surface area contributed by atoms with E-state index in [1.165, 1.54) is 64.2 Å². The first-order valence-corrected chi connectivity index (χ1v) is 8.94. The fraction of sp³-hybridized carbons (Fsp3) is 0.944. The van der Waals surface area contributed by atoms with E-state index in [1.807, 2.05) is 0 Å². The summed E-state index contributed by atoms with van der Waals surface area (Å²) in [6.07, 6.45) is 16.5. The highest BCUT2D eigenvalue weighted by Gasteiger charge is 2.16. The molecule has 0 aliphatic heterocycles. The van der Waals surface area contributed by atoms with Crippen LogP contribution < -0.4 is 0 Å². The Morgan fingerprint density at radius 1 is 0.857 bits per heavy atom. The van der Waals surface area contributed by atoms with E-state index in [-0.39, 0.29) is 5.92 Å². The third-order valence-corrected chi connectivity index (χ3v) is 4.12. The van der Waals surface area contributed by atoms with Crippen LogP contribution in [0.2, 0.25) is 0 Å². The molecule has 0 aromatic rings. The van der Waals surface area contributed by atoms with Gasteiger partial charge in [-0.15, -0.1) is 0 Å². The average Bonchev–Trinajstić information content (AvgIpc) is 2.47. The van der Waals surface area contributed by atoms with Crippen LogP contribution in [0.15, 0.2) is 0 Å². The zero-order valence-corrected chi connectivity index (χ0v) is 14.2. The highest BCUT2D eigenvalue weighted by molar-refractivity contribution is 5.70. The van der Waals surface area contributed by atoms with Crippen molar-refractivity contribution in [3.05, 3.63) is 0 Å². The molecule has 0 amide bonds. The Kier molecular flexibility index (Phi) is 15.4. The van der Waals surface area contributed by atoms with Gasteiger partial charge in [0.1, 0.15) is 0 Å². The van der Waals surface area contributed by atoms with Crippen LogP contribution in [0.1, 0.15) is 90.4 Å². The van der Waals surface area contributed by atoms with Gasteiger partial charge in [0.15, 0.2) is 0 Å². The minimum atomic E-state index is -0.722. The topological polar surface area (TPSA) is 46.5 Å². The number of carboxylic acid groups (broad SMARTS) is 1. The van der Waals surface area contributed by atoms with E-state index in [9.17, 15) is 4.79 Å². The molecule has 0 heterocycles. The number of methoxy groups -OCH3 is 1. The van der Waals surface area contributed by atoms with E-state index in [2.05, 4.69) is 6.92 Å². The molecule has 0 fully saturated rings. The quantitative estimate of drug-likeness (QED) is 0.387. The number of hydrogen-bond acceptors (Lipinski definition) is 2. The Hall–Kier alpha value is -0.570. The van der Waals surface area contributed by atoms with Gasteiger partial charge in [-0.05, 0) is 6.42 Å². The van der Waals surface area contributed by atoms with E-state index in [4.69, 9.17) is 9.84 Å². The summed E-state index contributed by atoms with van der Waals surface area (Å²) in [6, 6.07) is 0. The Labute approximate surface area is 131 Å². The summed E-state index contributed by atoms with van der Waals surface area (Å²) in [5.74, 6) is -1.04. The number of rotatable bonds is 16. The van der Waals surface area contributed by atoms with Gasteiger partial charge < -0.3 is 9.84 Å². The molecular formula is C18H36O3.